The summed E-state index contributed by atoms with van der Waals surface area (Å²) in [4.78, 5) is 10.5. The molecule has 0 unspecified atom stereocenters. The molecule has 0 amide bonds. The molecule has 1 saturated carbocycles. The number of nitro benzene ring substituents is 1. The molecule has 0 saturated heterocycles. The van der Waals surface area contributed by atoms with Crippen molar-refractivity contribution in [3.05, 3.63) is 33.9 Å². The Morgan fingerprint density at radius 2 is 2.25 bits per heavy atom. The number of hydrogen-bond donors (Lipinski definition) is 2. The molecule has 0 aliphatic heterocycles. The molecule has 0 bridgehead atoms. The number of anilines is 1. The number of nitro groups is 1. The first-order valence-electron chi connectivity index (χ1n) is 6.90. The summed E-state index contributed by atoms with van der Waals surface area (Å²) >= 11 is 0. The highest BCUT2D eigenvalue weighted by Gasteiger charge is 2.20. The molecule has 1 aromatic rings. The van der Waals surface area contributed by atoms with Crippen molar-refractivity contribution in [2.24, 2.45) is 5.92 Å². The highest BCUT2D eigenvalue weighted by Crippen LogP contribution is 2.28. The summed E-state index contributed by atoms with van der Waals surface area (Å²) in [6.07, 6.45) is 3.35. The summed E-state index contributed by atoms with van der Waals surface area (Å²) in [7, 11) is 0. The van der Waals surface area contributed by atoms with Crippen molar-refractivity contribution in [1.82, 2.24) is 0 Å². The van der Waals surface area contributed by atoms with E-state index in [2.05, 4.69) is 5.32 Å². The van der Waals surface area contributed by atoms with Gasteiger partial charge in [0.1, 0.15) is 5.69 Å². The van der Waals surface area contributed by atoms with E-state index in [0.29, 0.717) is 24.4 Å². The fourth-order valence-corrected chi connectivity index (χ4v) is 1.91. The average molecular weight is 280 g/mol. The number of benzene rings is 1. The summed E-state index contributed by atoms with van der Waals surface area (Å²) < 4.78 is 5.50. The minimum atomic E-state index is -0.424. The van der Waals surface area contributed by atoms with Crippen LogP contribution in [0.2, 0.25) is 0 Å². The van der Waals surface area contributed by atoms with Crippen LogP contribution in [0.5, 0.6) is 0 Å². The lowest BCUT2D eigenvalue weighted by Crippen LogP contribution is -2.08. The molecule has 6 nitrogen and oxygen atoms in total. The van der Waals surface area contributed by atoms with Crippen molar-refractivity contribution >= 4 is 11.4 Å². The Morgan fingerprint density at radius 3 is 2.90 bits per heavy atom. The Labute approximate surface area is 117 Å². The molecule has 2 N–H and O–H groups in total. The van der Waals surface area contributed by atoms with Crippen LogP contribution in [0.25, 0.3) is 0 Å². The summed E-state index contributed by atoms with van der Waals surface area (Å²) in [6.45, 7) is 1.98. The van der Waals surface area contributed by atoms with Crippen LogP contribution in [0.1, 0.15) is 24.8 Å². The van der Waals surface area contributed by atoms with Gasteiger partial charge in [-0.1, -0.05) is 0 Å². The zero-order chi connectivity index (χ0) is 14.4. The molecule has 2 rings (SSSR count). The van der Waals surface area contributed by atoms with E-state index in [1.165, 1.54) is 18.9 Å². The maximum absolute atomic E-state index is 10.9. The van der Waals surface area contributed by atoms with Gasteiger partial charge in [0.25, 0.3) is 5.69 Å². The predicted molar refractivity (Wildman–Crippen MR) is 75.7 cm³/mol. The van der Waals surface area contributed by atoms with Crippen LogP contribution in [0, 0.1) is 16.0 Å². The lowest BCUT2D eigenvalue weighted by Gasteiger charge is -2.09. The molecule has 0 aromatic heterocycles. The Balaban J connectivity index is 1.78. The molecular formula is C14H20N2O4. The van der Waals surface area contributed by atoms with Crippen LogP contribution >= 0.6 is 0 Å². The van der Waals surface area contributed by atoms with Gasteiger partial charge in [0.2, 0.25) is 0 Å². The van der Waals surface area contributed by atoms with E-state index in [9.17, 15) is 10.1 Å². The fraction of sp³-hybridized carbons (Fsp3) is 0.571. The fourth-order valence-electron chi connectivity index (χ4n) is 1.91. The molecule has 0 heterocycles. The monoisotopic (exact) mass is 280 g/mol. The second kappa shape index (κ2) is 7.21. The van der Waals surface area contributed by atoms with Crippen molar-refractivity contribution in [2.75, 3.05) is 25.1 Å². The topological polar surface area (TPSA) is 84.6 Å². The largest absolute Gasteiger partial charge is 0.392 e. The van der Waals surface area contributed by atoms with Gasteiger partial charge in [-0.05, 0) is 42.9 Å². The molecule has 20 heavy (non-hydrogen) atoms. The third-order valence-corrected chi connectivity index (χ3v) is 3.27. The van der Waals surface area contributed by atoms with E-state index in [1.54, 1.807) is 12.1 Å². The summed E-state index contributed by atoms with van der Waals surface area (Å²) in [5.74, 6) is 0.755. The first kappa shape index (κ1) is 14.7. The van der Waals surface area contributed by atoms with Gasteiger partial charge in [0.05, 0.1) is 11.5 Å². The van der Waals surface area contributed by atoms with E-state index in [4.69, 9.17) is 9.84 Å². The minimum absolute atomic E-state index is 0.0288. The van der Waals surface area contributed by atoms with Crippen molar-refractivity contribution in [3.8, 4) is 0 Å². The number of nitrogens with zero attached hydrogens (tertiary/aromatic N) is 1. The molecule has 1 aliphatic rings. The normalized spacial score (nSPS) is 14.2. The number of aliphatic hydroxyl groups excluding tert-OH is 1. The van der Waals surface area contributed by atoms with E-state index in [-0.39, 0.29) is 12.3 Å². The van der Waals surface area contributed by atoms with Crippen LogP contribution in [0.15, 0.2) is 18.2 Å². The van der Waals surface area contributed by atoms with Crippen molar-refractivity contribution < 1.29 is 14.8 Å². The molecule has 6 heteroatoms. The van der Waals surface area contributed by atoms with Gasteiger partial charge in [0, 0.05) is 25.8 Å². The van der Waals surface area contributed by atoms with E-state index < -0.39 is 4.92 Å². The first-order chi connectivity index (χ1) is 9.70. The van der Waals surface area contributed by atoms with Gasteiger partial charge in [0.15, 0.2) is 0 Å². The molecule has 0 spiro atoms. The Bertz CT molecular complexity index is 460. The lowest BCUT2D eigenvalue weighted by molar-refractivity contribution is -0.384. The number of rotatable bonds is 9. The van der Waals surface area contributed by atoms with Crippen LogP contribution in [0.3, 0.4) is 0 Å². The van der Waals surface area contributed by atoms with Crippen LogP contribution < -0.4 is 5.32 Å². The SMILES string of the molecule is O=[N+]([O-])c1ccc(CO)cc1NCCCOCC1CC1. The highest BCUT2D eigenvalue weighted by atomic mass is 16.6. The van der Waals surface area contributed by atoms with E-state index in [0.717, 1.165) is 18.9 Å². The number of aliphatic hydroxyl groups is 1. The van der Waals surface area contributed by atoms with Crippen molar-refractivity contribution in [3.63, 3.8) is 0 Å². The molecule has 0 atom stereocenters. The zero-order valence-corrected chi connectivity index (χ0v) is 11.4. The molecule has 0 radical (unpaired) electrons. The average Bonchev–Trinajstić information content (AvgIpc) is 3.26. The minimum Gasteiger partial charge on any atom is -0.392 e. The highest BCUT2D eigenvalue weighted by molar-refractivity contribution is 5.62. The number of hydrogen-bond acceptors (Lipinski definition) is 5. The van der Waals surface area contributed by atoms with E-state index >= 15 is 0 Å². The molecule has 1 fully saturated rings. The van der Waals surface area contributed by atoms with Gasteiger partial charge in [-0.3, -0.25) is 10.1 Å². The zero-order valence-electron chi connectivity index (χ0n) is 11.4. The van der Waals surface area contributed by atoms with Crippen LogP contribution in [0.4, 0.5) is 11.4 Å². The summed E-state index contributed by atoms with van der Waals surface area (Å²) in [5, 5.41) is 23.0. The Hall–Kier alpha value is -1.66. The third kappa shape index (κ3) is 4.47. The molecule has 110 valence electrons. The quantitative estimate of drug-likeness (QED) is 0.412. The second-order valence-corrected chi connectivity index (χ2v) is 5.07. The van der Waals surface area contributed by atoms with Crippen molar-refractivity contribution in [2.45, 2.75) is 25.9 Å². The van der Waals surface area contributed by atoms with Crippen molar-refractivity contribution in [1.29, 1.82) is 0 Å². The van der Waals surface area contributed by atoms with Gasteiger partial charge in [-0.25, -0.2) is 0 Å². The predicted octanol–water partition coefficient (Wildman–Crippen LogP) is 2.32. The third-order valence-electron chi connectivity index (χ3n) is 3.27. The Kier molecular flexibility index (Phi) is 5.31. The van der Waals surface area contributed by atoms with Gasteiger partial charge >= 0.3 is 0 Å². The maximum Gasteiger partial charge on any atom is 0.292 e. The van der Waals surface area contributed by atoms with Gasteiger partial charge in [-0.2, -0.15) is 0 Å². The lowest BCUT2D eigenvalue weighted by atomic mass is 10.2. The smallest absolute Gasteiger partial charge is 0.292 e. The Morgan fingerprint density at radius 1 is 1.45 bits per heavy atom. The van der Waals surface area contributed by atoms with Crippen LogP contribution in [-0.2, 0) is 11.3 Å². The van der Waals surface area contributed by atoms with Gasteiger partial charge < -0.3 is 15.2 Å². The molecule has 1 aliphatic carbocycles. The van der Waals surface area contributed by atoms with E-state index in [1.807, 2.05) is 0 Å². The van der Waals surface area contributed by atoms with Gasteiger partial charge in [-0.15, -0.1) is 0 Å². The molecule has 1 aromatic carbocycles. The summed E-state index contributed by atoms with van der Waals surface area (Å²) in [5.41, 5.74) is 1.13. The first-order valence-corrected chi connectivity index (χ1v) is 6.90. The maximum atomic E-state index is 10.9. The standard InChI is InChI=1S/C14H20N2O4/c17-9-12-4-5-14(16(18)19)13(8-12)15-6-1-7-20-10-11-2-3-11/h4-5,8,11,15,17H,1-3,6-7,9-10H2. The number of ether oxygens (including phenoxy) is 1. The second-order valence-electron chi connectivity index (χ2n) is 5.07. The van der Waals surface area contributed by atoms with Crippen LogP contribution in [-0.4, -0.2) is 29.8 Å². The summed E-state index contributed by atoms with van der Waals surface area (Å²) in [6, 6.07) is 4.59. The number of nitrogens with one attached hydrogen (secondary N) is 1. The molecular weight excluding hydrogens is 260 g/mol.